The third-order valence-corrected chi connectivity index (χ3v) is 3.24. The topological polar surface area (TPSA) is 57.6 Å². The molecular weight excluding hydrogens is 299 g/mol. The Balaban J connectivity index is 2.81. The van der Waals surface area contributed by atoms with Crippen LogP contribution >= 0.6 is 0 Å². The van der Waals surface area contributed by atoms with Crippen LogP contribution in [0.1, 0.15) is 25.0 Å². The minimum Gasteiger partial charge on any atom is -0.480 e. The molecule has 0 saturated carbocycles. The second-order valence-corrected chi connectivity index (χ2v) is 5.05. The fourth-order valence-corrected chi connectivity index (χ4v) is 2.14. The van der Waals surface area contributed by atoms with Crippen molar-refractivity contribution in [1.29, 1.82) is 0 Å². The number of hydrogen-bond donors (Lipinski definition) is 1. The highest BCUT2D eigenvalue weighted by Gasteiger charge is 2.30. The fourth-order valence-electron chi connectivity index (χ4n) is 2.14. The molecule has 1 N–H and O–H groups in total. The van der Waals surface area contributed by atoms with Crippen LogP contribution in [0.15, 0.2) is 24.3 Å². The van der Waals surface area contributed by atoms with Crippen LogP contribution in [0.2, 0.25) is 0 Å². The van der Waals surface area contributed by atoms with Crippen molar-refractivity contribution in [3.63, 3.8) is 0 Å². The molecule has 1 atom stereocenters. The van der Waals surface area contributed by atoms with Crippen molar-refractivity contribution in [3.05, 3.63) is 35.4 Å². The van der Waals surface area contributed by atoms with E-state index in [-0.39, 0.29) is 18.9 Å². The molecule has 0 aliphatic heterocycles. The zero-order valence-electron chi connectivity index (χ0n) is 12.4. The molecule has 1 aromatic carbocycles. The minimum atomic E-state index is -4.43. The van der Waals surface area contributed by atoms with Gasteiger partial charge in [-0.1, -0.05) is 25.1 Å². The molecule has 7 heteroatoms. The number of carboxylic acid groups (broad SMARTS) is 1. The first-order valence-electron chi connectivity index (χ1n) is 6.81. The Bertz CT molecular complexity index is 543. The zero-order valence-corrected chi connectivity index (χ0v) is 12.4. The van der Waals surface area contributed by atoms with E-state index in [0.717, 1.165) is 12.1 Å². The van der Waals surface area contributed by atoms with Gasteiger partial charge in [0.05, 0.1) is 5.56 Å². The normalized spacial score (nSPS) is 12.8. The molecule has 22 heavy (non-hydrogen) atoms. The number of alkyl halides is 3. The van der Waals surface area contributed by atoms with E-state index >= 15 is 0 Å². The van der Waals surface area contributed by atoms with E-state index < -0.39 is 30.2 Å². The SMILES string of the molecule is CCN(CC(=O)O)C(=O)C(C)Cc1cccc(C(F)(F)F)c1. The number of likely N-dealkylation sites (N-methyl/N-ethyl adjacent to an activating group) is 1. The van der Waals surface area contributed by atoms with E-state index in [1.165, 1.54) is 17.0 Å². The second-order valence-electron chi connectivity index (χ2n) is 5.05. The Morgan fingerprint density at radius 2 is 1.95 bits per heavy atom. The second kappa shape index (κ2) is 7.29. The Hall–Kier alpha value is -2.05. The summed E-state index contributed by atoms with van der Waals surface area (Å²) in [6.45, 7) is 3.05. The number of rotatable bonds is 6. The van der Waals surface area contributed by atoms with Crippen LogP contribution in [0, 0.1) is 5.92 Å². The fraction of sp³-hybridized carbons (Fsp3) is 0.467. The molecule has 0 heterocycles. The molecule has 0 radical (unpaired) electrons. The first-order chi connectivity index (χ1) is 10.1. The van der Waals surface area contributed by atoms with Crippen molar-refractivity contribution < 1.29 is 27.9 Å². The van der Waals surface area contributed by atoms with Crippen LogP contribution in [0.25, 0.3) is 0 Å². The quantitative estimate of drug-likeness (QED) is 0.878. The van der Waals surface area contributed by atoms with Crippen LogP contribution < -0.4 is 0 Å². The van der Waals surface area contributed by atoms with Crippen LogP contribution in [0.4, 0.5) is 13.2 Å². The van der Waals surface area contributed by atoms with Gasteiger partial charge in [0.1, 0.15) is 6.54 Å². The van der Waals surface area contributed by atoms with Gasteiger partial charge in [0, 0.05) is 12.5 Å². The van der Waals surface area contributed by atoms with Gasteiger partial charge in [0.2, 0.25) is 5.91 Å². The summed E-state index contributed by atoms with van der Waals surface area (Å²) in [7, 11) is 0. The number of carbonyl (C=O) groups excluding carboxylic acids is 1. The summed E-state index contributed by atoms with van der Waals surface area (Å²) in [6, 6.07) is 4.80. The highest BCUT2D eigenvalue weighted by molar-refractivity contribution is 5.83. The van der Waals surface area contributed by atoms with E-state index in [2.05, 4.69) is 0 Å². The smallest absolute Gasteiger partial charge is 0.416 e. The average Bonchev–Trinajstić information content (AvgIpc) is 2.43. The van der Waals surface area contributed by atoms with Gasteiger partial charge in [0.25, 0.3) is 0 Å². The number of carboxylic acids is 1. The summed E-state index contributed by atoms with van der Waals surface area (Å²) in [4.78, 5) is 24.0. The lowest BCUT2D eigenvalue weighted by Crippen LogP contribution is -2.39. The molecule has 0 spiro atoms. The summed E-state index contributed by atoms with van der Waals surface area (Å²) in [5.74, 6) is -2.11. The largest absolute Gasteiger partial charge is 0.480 e. The number of carbonyl (C=O) groups is 2. The number of hydrogen-bond acceptors (Lipinski definition) is 2. The number of amides is 1. The van der Waals surface area contributed by atoms with Gasteiger partial charge in [-0.15, -0.1) is 0 Å². The molecule has 0 fully saturated rings. The Morgan fingerprint density at radius 3 is 2.45 bits per heavy atom. The Kier molecular flexibility index (Phi) is 5.96. The third-order valence-electron chi connectivity index (χ3n) is 3.24. The maximum atomic E-state index is 12.6. The van der Waals surface area contributed by atoms with Crippen molar-refractivity contribution in [2.75, 3.05) is 13.1 Å². The first-order valence-corrected chi connectivity index (χ1v) is 6.81. The average molecular weight is 317 g/mol. The molecule has 1 unspecified atom stereocenters. The van der Waals surface area contributed by atoms with Crippen molar-refractivity contribution >= 4 is 11.9 Å². The minimum absolute atomic E-state index is 0.124. The molecule has 122 valence electrons. The monoisotopic (exact) mass is 317 g/mol. The van der Waals surface area contributed by atoms with E-state index in [4.69, 9.17) is 5.11 Å². The highest BCUT2D eigenvalue weighted by atomic mass is 19.4. The molecule has 1 amide bonds. The molecule has 0 bridgehead atoms. The van der Waals surface area contributed by atoms with Gasteiger partial charge in [-0.05, 0) is 25.0 Å². The molecule has 0 aromatic heterocycles. The van der Waals surface area contributed by atoms with Crippen LogP contribution in [0.3, 0.4) is 0 Å². The maximum absolute atomic E-state index is 12.6. The van der Waals surface area contributed by atoms with Gasteiger partial charge in [-0.2, -0.15) is 13.2 Å². The van der Waals surface area contributed by atoms with Gasteiger partial charge < -0.3 is 10.0 Å². The van der Waals surface area contributed by atoms with Gasteiger partial charge >= 0.3 is 12.1 Å². The van der Waals surface area contributed by atoms with Crippen molar-refractivity contribution in [2.24, 2.45) is 5.92 Å². The molecular formula is C15H18F3NO3. The van der Waals surface area contributed by atoms with Gasteiger partial charge in [-0.25, -0.2) is 0 Å². The first kappa shape index (κ1) is 18.0. The predicted octanol–water partition coefficient (Wildman–Crippen LogP) is 2.82. The summed E-state index contributed by atoms with van der Waals surface area (Å²) < 4.78 is 37.9. The Morgan fingerprint density at radius 1 is 1.32 bits per heavy atom. The number of aliphatic carboxylic acids is 1. The van der Waals surface area contributed by atoms with E-state index in [9.17, 15) is 22.8 Å². The standard InChI is InChI=1S/C15H18F3NO3/c1-3-19(9-13(20)21)14(22)10(2)7-11-5-4-6-12(8-11)15(16,17)18/h4-6,8,10H,3,7,9H2,1-2H3,(H,20,21). The van der Waals surface area contributed by atoms with Crippen molar-refractivity contribution in [3.8, 4) is 0 Å². The number of nitrogens with zero attached hydrogens (tertiary/aromatic N) is 1. The summed E-state index contributed by atoms with van der Waals surface area (Å²) in [6.07, 6.45) is -4.30. The van der Waals surface area contributed by atoms with E-state index in [1.54, 1.807) is 13.8 Å². The lowest BCUT2D eigenvalue weighted by atomic mass is 9.98. The zero-order chi connectivity index (χ0) is 16.9. The molecule has 1 aromatic rings. The molecule has 4 nitrogen and oxygen atoms in total. The number of benzene rings is 1. The van der Waals surface area contributed by atoms with Crippen LogP contribution in [-0.2, 0) is 22.2 Å². The lowest BCUT2D eigenvalue weighted by Gasteiger charge is -2.23. The maximum Gasteiger partial charge on any atom is 0.416 e. The van der Waals surface area contributed by atoms with Gasteiger partial charge in [-0.3, -0.25) is 9.59 Å². The van der Waals surface area contributed by atoms with Crippen molar-refractivity contribution in [2.45, 2.75) is 26.4 Å². The summed E-state index contributed by atoms with van der Waals surface area (Å²) in [5.41, 5.74) is -0.371. The highest BCUT2D eigenvalue weighted by Crippen LogP contribution is 2.30. The molecule has 1 rings (SSSR count). The molecule has 0 saturated heterocycles. The van der Waals surface area contributed by atoms with Crippen molar-refractivity contribution in [1.82, 2.24) is 4.90 Å². The van der Waals surface area contributed by atoms with Crippen LogP contribution in [0.5, 0.6) is 0 Å². The lowest BCUT2D eigenvalue weighted by molar-refractivity contribution is -0.145. The Labute approximate surface area is 126 Å². The predicted molar refractivity (Wildman–Crippen MR) is 74.2 cm³/mol. The molecule has 0 aliphatic carbocycles. The van der Waals surface area contributed by atoms with E-state index in [0.29, 0.717) is 5.56 Å². The molecule has 0 aliphatic rings. The third kappa shape index (κ3) is 5.05. The summed E-state index contributed by atoms with van der Waals surface area (Å²) in [5, 5.41) is 8.74. The summed E-state index contributed by atoms with van der Waals surface area (Å²) >= 11 is 0. The van der Waals surface area contributed by atoms with Gasteiger partial charge in [0.15, 0.2) is 0 Å². The van der Waals surface area contributed by atoms with Crippen LogP contribution in [-0.4, -0.2) is 35.0 Å². The van der Waals surface area contributed by atoms with E-state index in [1.807, 2.05) is 0 Å². The number of halogens is 3.